The van der Waals surface area contributed by atoms with Crippen LogP contribution in [0.25, 0.3) is 0 Å². The van der Waals surface area contributed by atoms with E-state index in [1.54, 1.807) is 54.6 Å². The van der Waals surface area contributed by atoms with E-state index in [2.05, 4.69) is 0 Å². The molecule has 25 heavy (non-hydrogen) atoms. The zero-order chi connectivity index (χ0) is 18.7. The molecule has 1 aromatic carbocycles. The zero-order valence-electron chi connectivity index (χ0n) is 13.3. The maximum atomic E-state index is 12.8. The second kappa shape index (κ2) is 10.0. The molecule has 124 valence electrons. The molecule has 1 rings (SSSR count). The van der Waals surface area contributed by atoms with Crippen molar-refractivity contribution in [3.05, 3.63) is 35.9 Å². The van der Waals surface area contributed by atoms with E-state index in [9.17, 15) is 9.59 Å². The lowest BCUT2D eigenvalue weighted by atomic mass is 9.95. The normalized spacial score (nSPS) is 9.16. The molecule has 0 spiro atoms. The molecule has 0 heterocycles. The number of nitrogens with zero attached hydrogens (tertiary/aromatic N) is 6. The van der Waals surface area contributed by atoms with Crippen molar-refractivity contribution in [3.8, 4) is 24.3 Å². The fourth-order valence-corrected chi connectivity index (χ4v) is 2.17. The molecule has 0 saturated carbocycles. The molecule has 0 aliphatic rings. The highest BCUT2D eigenvalue weighted by atomic mass is 16.2. The molecule has 1 aromatic rings. The average Bonchev–Trinajstić information content (AvgIpc) is 2.62. The van der Waals surface area contributed by atoms with Gasteiger partial charge >= 0.3 is 0 Å². The Balaban J connectivity index is 3.31. The largest absolute Gasteiger partial charge is 0.315 e. The molecule has 0 aliphatic heterocycles. The topological polar surface area (TPSA) is 136 Å². The van der Waals surface area contributed by atoms with Crippen LogP contribution in [0.5, 0.6) is 0 Å². The summed E-state index contributed by atoms with van der Waals surface area (Å²) >= 11 is 0. The minimum absolute atomic E-state index is 0.348. The first-order valence-corrected chi connectivity index (χ1v) is 7.21. The molecular formula is C17H14N6O2. The molecule has 0 unspecified atom stereocenters. The lowest BCUT2D eigenvalue weighted by Gasteiger charge is -2.26. The van der Waals surface area contributed by atoms with Crippen molar-refractivity contribution < 1.29 is 9.59 Å². The summed E-state index contributed by atoms with van der Waals surface area (Å²) in [5, 5.41) is 35.4. The number of amides is 2. The van der Waals surface area contributed by atoms with Crippen molar-refractivity contribution in [1.29, 1.82) is 21.0 Å². The van der Waals surface area contributed by atoms with E-state index in [0.717, 1.165) is 9.80 Å². The van der Waals surface area contributed by atoms with Crippen molar-refractivity contribution in [1.82, 2.24) is 9.80 Å². The number of hydrogen-bond acceptors (Lipinski definition) is 6. The van der Waals surface area contributed by atoms with Crippen LogP contribution in [0.3, 0.4) is 0 Å². The summed E-state index contributed by atoms with van der Waals surface area (Å²) in [4.78, 5) is 27.5. The Bertz CT molecular complexity index is 699. The molecule has 0 saturated heterocycles. The van der Waals surface area contributed by atoms with Crippen LogP contribution >= 0.6 is 0 Å². The number of rotatable bonds is 7. The SMILES string of the molecule is N#CCN(CC#N)C(=O)C(C(=O)N(CC#N)CC#N)c1ccccc1. The van der Waals surface area contributed by atoms with Gasteiger partial charge in [-0.1, -0.05) is 30.3 Å². The quantitative estimate of drug-likeness (QED) is 0.526. The lowest BCUT2D eigenvalue weighted by Crippen LogP contribution is -2.44. The van der Waals surface area contributed by atoms with Crippen LogP contribution in [0.15, 0.2) is 30.3 Å². The molecule has 0 bridgehead atoms. The second-order valence-corrected chi connectivity index (χ2v) is 4.86. The number of carbonyl (C=O) groups is 2. The first-order valence-electron chi connectivity index (χ1n) is 7.21. The van der Waals surface area contributed by atoms with E-state index in [4.69, 9.17) is 21.0 Å². The van der Waals surface area contributed by atoms with Gasteiger partial charge in [0, 0.05) is 0 Å². The van der Waals surface area contributed by atoms with Gasteiger partial charge in [-0.3, -0.25) is 9.59 Å². The minimum atomic E-state index is -1.33. The Morgan fingerprint density at radius 3 is 1.44 bits per heavy atom. The number of carbonyl (C=O) groups excluding carboxylic acids is 2. The summed E-state index contributed by atoms with van der Waals surface area (Å²) < 4.78 is 0. The molecule has 0 aliphatic carbocycles. The van der Waals surface area contributed by atoms with Crippen molar-refractivity contribution in [3.63, 3.8) is 0 Å². The van der Waals surface area contributed by atoms with Crippen LogP contribution in [-0.4, -0.2) is 47.8 Å². The third-order valence-corrected chi connectivity index (χ3v) is 3.30. The Morgan fingerprint density at radius 1 is 0.760 bits per heavy atom. The lowest BCUT2D eigenvalue weighted by molar-refractivity contribution is -0.142. The van der Waals surface area contributed by atoms with Crippen molar-refractivity contribution in [2.75, 3.05) is 26.2 Å². The molecule has 0 atom stereocenters. The Hall–Kier alpha value is -3.88. The highest BCUT2D eigenvalue weighted by molar-refractivity contribution is 6.06. The third-order valence-electron chi connectivity index (χ3n) is 3.30. The van der Waals surface area contributed by atoms with Crippen LogP contribution in [-0.2, 0) is 9.59 Å². The smallest absolute Gasteiger partial charge is 0.241 e. The maximum Gasteiger partial charge on any atom is 0.241 e. The van der Waals surface area contributed by atoms with Gasteiger partial charge in [-0.25, -0.2) is 0 Å². The van der Waals surface area contributed by atoms with Crippen LogP contribution < -0.4 is 0 Å². The van der Waals surface area contributed by atoms with Crippen molar-refractivity contribution in [2.45, 2.75) is 5.92 Å². The van der Waals surface area contributed by atoms with Gasteiger partial charge in [-0.15, -0.1) is 0 Å². The van der Waals surface area contributed by atoms with Crippen molar-refractivity contribution >= 4 is 11.8 Å². The summed E-state index contributed by atoms with van der Waals surface area (Å²) in [5.74, 6) is -2.77. The minimum Gasteiger partial charge on any atom is -0.315 e. The van der Waals surface area contributed by atoms with Gasteiger partial charge in [0.05, 0.1) is 24.3 Å². The highest BCUT2D eigenvalue weighted by Gasteiger charge is 2.35. The van der Waals surface area contributed by atoms with E-state index in [-0.39, 0.29) is 26.2 Å². The number of nitriles is 4. The summed E-state index contributed by atoms with van der Waals surface area (Å²) in [6.45, 7) is -1.39. The molecule has 8 nitrogen and oxygen atoms in total. The van der Waals surface area contributed by atoms with Gasteiger partial charge in [0.25, 0.3) is 0 Å². The third kappa shape index (κ3) is 5.06. The first kappa shape index (κ1) is 19.2. The van der Waals surface area contributed by atoms with Gasteiger partial charge in [0.15, 0.2) is 0 Å². The predicted octanol–water partition coefficient (Wildman–Crippen LogP) is 0.522. The van der Waals surface area contributed by atoms with Crippen LogP contribution in [0, 0.1) is 45.3 Å². The van der Waals surface area contributed by atoms with Crippen LogP contribution in [0.4, 0.5) is 0 Å². The van der Waals surface area contributed by atoms with E-state index in [0.29, 0.717) is 5.56 Å². The fraction of sp³-hybridized carbons (Fsp3) is 0.294. The Labute approximate surface area is 145 Å². The predicted molar refractivity (Wildman–Crippen MR) is 84.8 cm³/mol. The van der Waals surface area contributed by atoms with E-state index >= 15 is 0 Å². The summed E-state index contributed by atoms with van der Waals surface area (Å²) in [5.41, 5.74) is 0.360. The van der Waals surface area contributed by atoms with Crippen LogP contribution in [0.1, 0.15) is 11.5 Å². The first-order chi connectivity index (χ1) is 12.1. The number of benzene rings is 1. The van der Waals surface area contributed by atoms with Gasteiger partial charge < -0.3 is 9.80 Å². The highest BCUT2D eigenvalue weighted by Crippen LogP contribution is 2.21. The Kier molecular flexibility index (Phi) is 7.67. The van der Waals surface area contributed by atoms with Crippen LogP contribution in [0.2, 0.25) is 0 Å². The van der Waals surface area contributed by atoms with Gasteiger partial charge in [-0.2, -0.15) is 21.0 Å². The summed E-state index contributed by atoms with van der Waals surface area (Å²) in [6.07, 6.45) is 0. The molecule has 0 aromatic heterocycles. The van der Waals surface area contributed by atoms with E-state index in [1.165, 1.54) is 0 Å². The molecule has 0 fully saturated rings. The van der Waals surface area contributed by atoms with E-state index in [1.807, 2.05) is 0 Å². The van der Waals surface area contributed by atoms with Gasteiger partial charge in [0.2, 0.25) is 11.8 Å². The molecule has 2 amide bonds. The molecule has 0 N–H and O–H groups in total. The van der Waals surface area contributed by atoms with E-state index < -0.39 is 17.7 Å². The summed E-state index contributed by atoms with van der Waals surface area (Å²) in [6, 6.07) is 15.2. The zero-order valence-corrected chi connectivity index (χ0v) is 13.3. The fourth-order valence-electron chi connectivity index (χ4n) is 2.17. The Morgan fingerprint density at radius 2 is 1.12 bits per heavy atom. The standard InChI is InChI=1S/C17H14N6O2/c18-6-10-22(11-7-19)16(24)15(14-4-2-1-3-5-14)17(25)23(12-8-20)13-9-21/h1-5,15H,10-13H2. The molecule has 0 radical (unpaired) electrons. The molecule has 8 heteroatoms. The van der Waals surface area contributed by atoms with Crippen molar-refractivity contribution in [2.24, 2.45) is 0 Å². The summed E-state index contributed by atoms with van der Waals surface area (Å²) in [7, 11) is 0. The monoisotopic (exact) mass is 334 g/mol. The second-order valence-electron chi connectivity index (χ2n) is 4.86. The van der Waals surface area contributed by atoms with Gasteiger partial charge in [0.1, 0.15) is 32.1 Å². The molecular weight excluding hydrogens is 320 g/mol. The number of hydrogen-bond donors (Lipinski definition) is 0. The average molecular weight is 334 g/mol. The maximum absolute atomic E-state index is 12.8. The van der Waals surface area contributed by atoms with Gasteiger partial charge in [-0.05, 0) is 5.56 Å².